The van der Waals surface area contributed by atoms with Crippen molar-refractivity contribution in [2.45, 2.75) is 330 Å². The highest BCUT2D eigenvalue weighted by atomic mass is 16.2. The number of unbranched alkanes of at least 4 members (excludes halogenated alkanes) is 36. The summed E-state index contributed by atoms with van der Waals surface area (Å²) < 4.78 is 0. The van der Waals surface area contributed by atoms with Gasteiger partial charge in [0.1, 0.15) is 0 Å². The molecule has 0 aromatic carbocycles. The van der Waals surface area contributed by atoms with E-state index in [1.807, 2.05) is 20.8 Å². The maximum absolute atomic E-state index is 14.2. The first kappa shape index (κ1) is 67.6. The van der Waals surface area contributed by atoms with Crippen LogP contribution in [0.5, 0.6) is 0 Å². The van der Waals surface area contributed by atoms with Gasteiger partial charge in [0.05, 0.1) is 0 Å². The third kappa shape index (κ3) is 36.6. The van der Waals surface area contributed by atoms with Gasteiger partial charge < -0.3 is 16.0 Å². The van der Waals surface area contributed by atoms with Gasteiger partial charge in [-0.2, -0.15) is 0 Å². The molecule has 0 heterocycles. The van der Waals surface area contributed by atoms with E-state index in [0.717, 1.165) is 38.5 Å². The first-order valence-corrected chi connectivity index (χ1v) is 31.9. The van der Waals surface area contributed by atoms with Crippen LogP contribution in [-0.2, 0) is 14.4 Å². The van der Waals surface area contributed by atoms with Crippen LogP contribution in [0.3, 0.4) is 0 Å². The fourth-order valence-electron chi connectivity index (χ4n) is 11.6. The highest BCUT2D eigenvalue weighted by Gasteiger charge is 2.57. The summed E-state index contributed by atoms with van der Waals surface area (Å²) in [6.07, 6.45) is 68.6. The van der Waals surface area contributed by atoms with E-state index < -0.39 is 16.2 Å². The molecule has 0 aliphatic heterocycles. The van der Waals surface area contributed by atoms with Crippen molar-refractivity contribution < 1.29 is 14.4 Å². The fourth-order valence-corrected chi connectivity index (χ4v) is 11.6. The van der Waals surface area contributed by atoms with Gasteiger partial charge in [-0.25, -0.2) is 0 Å². The molecule has 0 spiro atoms. The average molecular weight is 1010 g/mol. The lowest BCUT2D eigenvalue weighted by atomic mass is 9.53. The van der Waals surface area contributed by atoms with Crippen molar-refractivity contribution in [3.05, 3.63) is 36.5 Å². The molecule has 3 amide bonds. The van der Waals surface area contributed by atoms with Gasteiger partial charge in [-0.05, 0) is 116 Å². The van der Waals surface area contributed by atoms with Crippen molar-refractivity contribution in [1.29, 1.82) is 0 Å². The molecule has 6 heteroatoms. The van der Waals surface area contributed by atoms with E-state index in [1.54, 1.807) is 0 Å². The zero-order valence-corrected chi connectivity index (χ0v) is 49.1. The van der Waals surface area contributed by atoms with E-state index in [2.05, 4.69) is 73.2 Å². The lowest BCUT2D eigenvalue weighted by molar-refractivity contribution is -0.154. The Labute approximate surface area is 449 Å². The van der Waals surface area contributed by atoms with Gasteiger partial charge in [-0.3, -0.25) is 14.4 Å². The van der Waals surface area contributed by atoms with Crippen LogP contribution in [0.2, 0.25) is 0 Å². The predicted octanol–water partition coefficient (Wildman–Crippen LogP) is 19.7. The zero-order chi connectivity index (χ0) is 52.5. The highest BCUT2D eigenvalue weighted by Crippen LogP contribution is 2.55. The standard InChI is InChI=1S/C66H123N3O3/c1-7-10-13-16-19-22-25-28-31-34-37-40-43-46-49-52-55-67-61(70)64(4)58-65(5,62(71)68-56-53-50-47-44-41-38-35-32-29-26-23-20-17-14-11-8-2)60-66(6,59-64)63(72)69-57-54-51-48-45-42-39-36-33-30-27-24-21-18-15-12-9-3/h28-33H,7-27,34-60H2,1-6H3,(H,67,70)(H,68,71)(H,69,72). The molecule has 1 rings (SSSR count). The first-order valence-electron chi connectivity index (χ1n) is 31.9. The summed E-state index contributed by atoms with van der Waals surface area (Å²) in [6, 6.07) is 0. The molecular weight excluding hydrogens is 883 g/mol. The maximum atomic E-state index is 14.2. The monoisotopic (exact) mass is 1010 g/mol. The highest BCUT2D eigenvalue weighted by molar-refractivity contribution is 5.90. The molecule has 420 valence electrons. The largest absolute Gasteiger partial charge is 0.356 e. The molecule has 3 N–H and O–H groups in total. The van der Waals surface area contributed by atoms with Gasteiger partial charge in [-0.1, -0.05) is 251 Å². The minimum Gasteiger partial charge on any atom is -0.356 e. The Morgan fingerprint density at radius 3 is 0.639 bits per heavy atom. The first-order chi connectivity index (χ1) is 35.1. The van der Waals surface area contributed by atoms with E-state index in [1.165, 1.54) is 231 Å². The number of rotatable bonds is 51. The van der Waals surface area contributed by atoms with Crippen LogP contribution in [0.15, 0.2) is 36.5 Å². The zero-order valence-electron chi connectivity index (χ0n) is 49.1. The van der Waals surface area contributed by atoms with Crippen LogP contribution in [0.1, 0.15) is 330 Å². The molecule has 1 aliphatic carbocycles. The second kappa shape index (κ2) is 47.1. The van der Waals surface area contributed by atoms with Gasteiger partial charge in [0.25, 0.3) is 0 Å². The van der Waals surface area contributed by atoms with Crippen molar-refractivity contribution >= 4 is 17.7 Å². The SMILES string of the molecule is CCCCCCCCC=CCCCCCCCCNC(=O)C1(C)CC(C)(C(=O)NCCCCCCCCC=CCCCCCCCC)CC(C)(C(=O)NCCCCCCCCC=CCCCCCCCC)C1. The Morgan fingerprint density at radius 2 is 0.444 bits per heavy atom. The Bertz CT molecular complexity index is 1200. The summed E-state index contributed by atoms with van der Waals surface area (Å²) in [7, 11) is 0. The predicted molar refractivity (Wildman–Crippen MR) is 316 cm³/mol. The molecule has 1 aliphatic rings. The number of allylic oxidation sites excluding steroid dienone is 6. The minimum absolute atomic E-state index is 0.00501. The van der Waals surface area contributed by atoms with Crippen LogP contribution in [0.4, 0.5) is 0 Å². The average Bonchev–Trinajstić information content (AvgIpc) is 3.36. The third-order valence-electron chi connectivity index (χ3n) is 15.9. The van der Waals surface area contributed by atoms with Gasteiger partial charge in [0.15, 0.2) is 0 Å². The van der Waals surface area contributed by atoms with E-state index in [4.69, 9.17) is 0 Å². The van der Waals surface area contributed by atoms with E-state index >= 15 is 0 Å². The molecule has 1 fully saturated rings. The third-order valence-corrected chi connectivity index (χ3v) is 15.9. The molecule has 0 unspecified atom stereocenters. The Hall–Kier alpha value is -2.37. The molecule has 72 heavy (non-hydrogen) atoms. The number of hydrogen-bond donors (Lipinski definition) is 3. The summed E-state index contributed by atoms with van der Waals surface area (Å²) in [4.78, 5) is 42.5. The molecule has 0 aromatic rings. The lowest BCUT2D eigenvalue weighted by Gasteiger charge is -2.50. The van der Waals surface area contributed by atoms with Crippen LogP contribution >= 0.6 is 0 Å². The summed E-state index contributed by atoms with van der Waals surface area (Å²) in [6.45, 7) is 14.8. The van der Waals surface area contributed by atoms with Gasteiger partial charge in [0.2, 0.25) is 17.7 Å². The second-order valence-corrected chi connectivity index (χ2v) is 23.8. The topological polar surface area (TPSA) is 87.3 Å². The van der Waals surface area contributed by atoms with Crippen molar-refractivity contribution in [3.63, 3.8) is 0 Å². The maximum Gasteiger partial charge on any atom is 0.226 e. The van der Waals surface area contributed by atoms with Gasteiger partial charge >= 0.3 is 0 Å². The van der Waals surface area contributed by atoms with E-state index in [0.29, 0.717) is 38.9 Å². The number of amides is 3. The minimum atomic E-state index is -0.814. The van der Waals surface area contributed by atoms with Crippen molar-refractivity contribution in [3.8, 4) is 0 Å². The molecule has 0 saturated heterocycles. The quantitative estimate of drug-likeness (QED) is 0.0419. The van der Waals surface area contributed by atoms with Crippen LogP contribution in [0.25, 0.3) is 0 Å². The molecule has 0 radical (unpaired) electrons. The van der Waals surface area contributed by atoms with Crippen LogP contribution in [-0.4, -0.2) is 37.4 Å². The molecule has 0 bridgehead atoms. The van der Waals surface area contributed by atoms with Crippen LogP contribution in [0, 0.1) is 16.2 Å². The van der Waals surface area contributed by atoms with E-state index in [-0.39, 0.29) is 17.7 Å². The summed E-state index contributed by atoms with van der Waals surface area (Å²) in [5.41, 5.74) is -2.44. The van der Waals surface area contributed by atoms with E-state index in [9.17, 15) is 14.4 Å². The van der Waals surface area contributed by atoms with Crippen molar-refractivity contribution in [2.75, 3.05) is 19.6 Å². The fraction of sp³-hybridized carbons (Fsp3) is 0.864. The number of nitrogens with one attached hydrogen (secondary N) is 3. The molecule has 1 saturated carbocycles. The number of carbonyl (C=O) groups excluding carboxylic acids is 3. The summed E-state index contributed by atoms with van der Waals surface area (Å²) >= 11 is 0. The van der Waals surface area contributed by atoms with Gasteiger partial charge in [-0.15, -0.1) is 0 Å². The molecule has 0 atom stereocenters. The van der Waals surface area contributed by atoms with Gasteiger partial charge in [0, 0.05) is 35.9 Å². The summed E-state index contributed by atoms with van der Waals surface area (Å²) in [5.74, 6) is -0.0150. The Morgan fingerprint density at radius 1 is 0.278 bits per heavy atom. The van der Waals surface area contributed by atoms with Crippen LogP contribution < -0.4 is 16.0 Å². The molecule has 6 nitrogen and oxygen atoms in total. The normalized spacial score (nSPS) is 19.2. The second-order valence-electron chi connectivity index (χ2n) is 23.8. The molecule has 0 aromatic heterocycles. The molecular formula is C66H123N3O3. The number of carbonyl (C=O) groups is 3. The Kier molecular flexibility index (Phi) is 44.3. The smallest absolute Gasteiger partial charge is 0.226 e. The van der Waals surface area contributed by atoms with Crippen molar-refractivity contribution in [1.82, 2.24) is 16.0 Å². The lowest BCUT2D eigenvalue weighted by Crippen LogP contribution is -2.58. The van der Waals surface area contributed by atoms with Crippen molar-refractivity contribution in [2.24, 2.45) is 16.2 Å². The Balaban J connectivity index is 2.58. The number of hydrogen-bond acceptors (Lipinski definition) is 3. The summed E-state index contributed by atoms with van der Waals surface area (Å²) in [5, 5.41) is 9.85.